The molecule has 1 heterocycles. The first-order valence-corrected chi connectivity index (χ1v) is 12.2. The summed E-state index contributed by atoms with van der Waals surface area (Å²) in [4.78, 5) is 13.2. The summed E-state index contributed by atoms with van der Waals surface area (Å²) in [5.41, 5.74) is -1.40. The maximum atomic E-state index is 13.5. The highest BCUT2D eigenvalue weighted by Crippen LogP contribution is 2.35. The molecule has 0 saturated heterocycles. The van der Waals surface area contributed by atoms with E-state index in [1.54, 1.807) is 12.1 Å². The number of amides is 1. The lowest BCUT2D eigenvalue weighted by molar-refractivity contribution is -0.142. The second-order valence-electron chi connectivity index (χ2n) is 7.39. The summed E-state index contributed by atoms with van der Waals surface area (Å²) in [6.45, 7) is 2.96. The van der Waals surface area contributed by atoms with E-state index in [4.69, 9.17) is 21.1 Å². The monoisotopic (exact) mass is 512 g/mol. The molecule has 7 nitrogen and oxygen atoms in total. The Morgan fingerprint density at radius 3 is 2.53 bits per heavy atom. The molecule has 0 aliphatic rings. The van der Waals surface area contributed by atoms with Gasteiger partial charge in [0, 0.05) is 21.9 Å². The first-order valence-electron chi connectivity index (χ1n) is 9.87. The number of hydrogen-bond acceptors (Lipinski definition) is 6. The maximum absolute atomic E-state index is 13.5. The molecular formula is C22H20ClF3N4O3S. The summed E-state index contributed by atoms with van der Waals surface area (Å²) in [5.74, 6) is -1.16. The third-order valence-electron chi connectivity index (χ3n) is 4.83. The average Bonchev–Trinajstić information content (AvgIpc) is 2.73. The fourth-order valence-electron chi connectivity index (χ4n) is 3.11. The van der Waals surface area contributed by atoms with E-state index >= 15 is 0 Å². The van der Waals surface area contributed by atoms with Crippen molar-refractivity contribution in [1.29, 1.82) is 4.78 Å². The molecule has 1 atom stereocenters. The van der Waals surface area contributed by atoms with Gasteiger partial charge >= 0.3 is 6.18 Å². The van der Waals surface area contributed by atoms with Gasteiger partial charge in [-0.25, -0.2) is 8.99 Å². The van der Waals surface area contributed by atoms with Crippen molar-refractivity contribution in [2.45, 2.75) is 31.3 Å². The van der Waals surface area contributed by atoms with Crippen LogP contribution in [-0.2, 0) is 22.3 Å². The number of ether oxygens (including phenoxy) is 1. The lowest BCUT2D eigenvalue weighted by Crippen LogP contribution is -2.21. The normalized spacial score (nSPS) is 13.3. The number of benzene rings is 2. The van der Waals surface area contributed by atoms with E-state index in [1.165, 1.54) is 36.6 Å². The van der Waals surface area contributed by atoms with Crippen molar-refractivity contribution in [1.82, 2.24) is 10.2 Å². The Kier molecular flexibility index (Phi) is 7.18. The minimum Gasteiger partial charge on any atom is -0.437 e. The second kappa shape index (κ2) is 9.59. The van der Waals surface area contributed by atoms with Gasteiger partial charge in [-0.05, 0) is 60.9 Å². The summed E-state index contributed by atoms with van der Waals surface area (Å²) < 4.78 is 65.8. The van der Waals surface area contributed by atoms with Crippen molar-refractivity contribution in [2.24, 2.45) is 0 Å². The van der Waals surface area contributed by atoms with Gasteiger partial charge in [-0.1, -0.05) is 24.6 Å². The van der Waals surface area contributed by atoms with Gasteiger partial charge in [0.2, 0.25) is 0 Å². The number of aromatic nitrogens is 2. The van der Waals surface area contributed by atoms with Crippen molar-refractivity contribution in [3.05, 3.63) is 69.9 Å². The van der Waals surface area contributed by atoms with Gasteiger partial charge < -0.3 is 10.1 Å². The van der Waals surface area contributed by atoms with E-state index in [1.807, 2.05) is 6.92 Å². The van der Waals surface area contributed by atoms with E-state index in [0.29, 0.717) is 11.4 Å². The van der Waals surface area contributed by atoms with Crippen LogP contribution in [0, 0.1) is 11.7 Å². The number of rotatable bonds is 6. The molecule has 3 rings (SSSR count). The molecule has 0 radical (unpaired) electrons. The molecule has 1 amide bonds. The number of carbonyl (C=O) groups excluding carboxylic acids is 1. The van der Waals surface area contributed by atoms with Crippen LogP contribution in [0.5, 0.6) is 11.6 Å². The molecule has 0 spiro atoms. The summed E-state index contributed by atoms with van der Waals surface area (Å²) in [5, 5.41) is 9.72. The maximum Gasteiger partial charge on any atom is 0.435 e. The molecule has 0 aliphatic heterocycles. The molecular weight excluding hydrogens is 493 g/mol. The van der Waals surface area contributed by atoms with E-state index in [-0.39, 0.29) is 16.3 Å². The fourth-order valence-corrected chi connectivity index (χ4v) is 4.06. The lowest BCUT2D eigenvalue weighted by Gasteiger charge is -2.16. The zero-order valence-electron chi connectivity index (χ0n) is 18.3. The Hall–Kier alpha value is -3.18. The Labute approximate surface area is 199 Å². The topological polar surface area (TPSA) is 105 Å². The Morgan fingerprint density at radius 2 is 1.91 bits per heavy atom. The minimum atomic E-state index is -4.85. The number of nitrogens with zero attached hydrogens (tertiary/aromatic N) is 2. The molecule has 180 valence electrons. The molecule has 3 aromatic rings. The van der Waals surface area contributed by atoms with E-state index in [0.717, 1.165) is 12.5 Å². The number of nitrogens with one attached hydrogen (secondary N) is 2. The summed E-state index contributed by atoms with van der Waals surface area (Å²) >= 11 is 6.11. The first kappa shape index (κ1) is 25.4. The van der Waals surface area contributed by atoms with E-state index in [9.17, 15) is 22.2 Å². The van der Waals surface area contributed by atoms with E-state index < -0.39 is 44.5 Å². The van der Waals surface area contributed by atoms with Crippen LogP contribution in [0.25, 0.3) is 0 Å². The van der Waals surface area contributed by atoms with Crippen molar-refractivity contribution in [2.75, 3.05) is 11.6 Å². The largest absolute Gasteiger partial charge is 0.437 e. The highest BCUT2D eigenvalue weighted by Gasteiger charge is 2.38. The minimum absolute atomic E-state index is 0.139. The van der Waals surface area contributed by atoms with Crippen LogP contribution in [-0.4, -0.2) is 26.6 Å². The molecule has 2 N–H and O–H groups in total. The Balaban J connectivity index is 2.07. The van der Waals surface area contributed by atoms with Gasteiger partial charge in [0.15, 0.2) is 5.69 Å². The number of aryl methyl sites for hydroxylation is 1. The number of hydrogen-bond donors (Lipinski definition) is 2. The molecule has 34 heavy (non-hydrogen) atoms. The smallest absolute Gasteiger partial charge is 0.435 e. The molecule has 0 saturated carbocycles. The molecule has 1 unspecified atom stereocenters. The lowest BCUT2D eigenvalue weighted by atomic mass is 10.1. The summed E-state index contributed by atoms with van der Waals surface area (Å²) in [7, 11) is -3.08. The van der Waals surface area contributed by atoms with Crippen LogP contribution in [0.1, 0.15) is 34.1 Å². The van der Waals surface area contributed by atoms with Crippen LogP contribution >= 0.6 is 11.6 Å². The summed E-state index contributed by atoms with van der Waals surface area (Å²) in [6.07, 6.45) is -3.06. The predicted molar refractivity (Wildman–Crippen MR) is 122 cm³/mol. The molecule has 2 aromatic carbocycles. The van der Waals surface area contributed by atoms with Gasteiger partial charge in [0.05, 0.1) is 9.73 Å². The van der Waals surface area contributed by atoms with Crippen molar-refractivity contribution in [3.8, 4) is 11.6 Å². The van der Waals surface area contributed by atoms with Crippen LogP contribution in [0.4, 0.5) is 18.9 Å². The zero-order valence-corrected chi connectivity index (χ0v) is 19.9. The molecule has 1 aromatic heterocycles. The third-order valence-corrected chi connectivity index (χ3v) is 6.36. The predicted octanol–water partition coefficient (Wildman–Crippen LogP) is 6.10. The Bertz CT molecular complexity index is 1360. The van der Waals surface area contributed by atoms with Crippen molar-refractivity contribution >= 4 is 32.9 Å². The highest BCUT2D eigenvalue weighted by molar-refractivity contribution is 7.91. The fraction of sp³-hybridized carbons (Fsp3) is 0.227. The van der Waals surface area contributed by atoms with Gasteiger partial charge in [0.1, 0.15) is 11.3 Å². The average molecular weight is 513 g/mol. The molecule has 0 bridgehead atoms. The van der Waals surface area contributed by atoms with Gasteiger partial charge in [0.25, 0.3) is 11.8 Å². The number of carbonyl (C=O) groups is 1. The standard InChI is InChI=1S/C22H20ClF3N4O3S/c1-4-13-10-15(8-9-17(13)23)33-21-18(12(2)19(29-30-21)22(24,25)26)20(31)28-14-6-5-7-16(11-14)34(3,27)32/h5-11,27H,4H2,1-3H3,(H,28,31). The van der Waals surface area contributed by atoms with Crippen molar-refractivity contribution in [3.63, 3.8) is 0 Å². The van der Waals surface area contributed by atoms with Gasteiger partial charge in [-0.3, -0.25) is 4.79 Å². The third kappa shape index (κ3) is 5.65. The van der Waals surface area contributed by atoms with Gasteiger partial charge in [-0.15, -0.1) is 10.2 Å². The van der Waals surface area contributed by atoms with Crippen LogP contribution in [0.3, 0.4) is 0 Å². The highest BCUT2D eigenvalue weighted by atomic mass is 35.5. The van der Waals surface area contributed by atoms with Crippen LogP contribution in [0.15, 0.2) is 47.4 Å². The Morgan fingerprint density at radius 1 is 1.21 bits per heavy atom. The quantitative estimate of drug-likeness (QED) is 0.415. The number of halogens is 4. The van der Waals surface area contributed by atoms with Gasteiger partial charge in [-0.2, -0.15) is 13.2 Å². The molecule has 0 aliphatic carbocycles. The zero-order chi connectivity index (χ0) is 25.3. The SMILES string of the molecule is CCc1cc(Oc2nnc(C(F)(F)F)c(C)c2C(=O)Nc2cccc(S(C)(=N)=O)c2)ccc1Cl. The van der Waals surface area contributed by atoms with E-state index in [2.05, 4.69) is 15.5 Å². The second-order valence-corrected chi connectivity index (χ2v) is 9.95. The summed E-state index contributed by atoms with van der Waals surface area (Å²) in [6, 6.07) is 10.3. The number of anilines is 1. The molecule has 0 fully saturated rings. The van der Waals surface area contributed by atoms with Crippen molar-refractivity contribution < 1.29 is 26.9 Å². The molecule has 12 heteroatoms. The number of alkyl halides is 3. The van der Waals surface area contributed by atoms with Crippen LogP contribution in [0.2, 0.25) is 5.02 Å². The van der Waals surface area contributed by atoms with Crippen LogP contribution < -0.4 is 10.1 Å². The first-order chi connectivity index (χ1) is 15.8.